The predicted molar refractivity (Wildman–Crippen MR) is 62.7 cm³/mol. The summed E-state index contributed by atoms with van der Waals surface area (Å²) in [4.78, 5) is 0. The van der Waals surface area contributed by atoms with Crippen molar-refractivity contribution >= 4 is 11.4 Å². The third-order valence-corrected chi connectivity index (χ3v) is 3.70. The summed E-state index contributed by atoms with van der Waals surface area (Å²) in [6.45, 7) is 7.80. The molecular weight excluding hydrogens is 210 g/mol. The molecule has 0 saturated carbocycles. The van der Waals surface area contributed by atoms with E-state index in [0.29, 0.717) is 0 Å². The molecule has 0 amide bonds. The number of rotatable bonds is 3. The largest absolute Gasteiger partial charge is 0.598 e. The van der Waals surface area contributed by atoms with Gasteiger partial charge in [-0.3, -0.25) is 4.68 Å². The van der Waals surface area contributed by atoms with Gasteiger partial charge in [-0.05, 0) is 33.8 Å². The topological polar surface area (TPSA) is 52.9 Å². The van der Waals surface area contributed by atoms with Crippen LogP contribution in [0.2, 0.25) is 0 Å². The Labute approximate surface area is 94.4 Å². The molecule has 1 aromatic rings. The van der Waals surface area contributed by atoms with E-state index in [9.17, 15) is 4.55 Å². The summed E-state index contributed by atoms with van der Waals surface area (Å²) in [5.41, 5.74) is 0.912. The van der Waals surface area contributed by atoms with E-state index < -0.39 is 11.4 Å². The van der Waals surface area contributed by atoms with Crippen molar-refractivity contribution in [3.8, 4) is 0 Å². The molecule has 0 radical (unpaired) electrons. The van der Waals surface area contributed by atoms with Crippen LogP contribution >= 0.6 is 0 Å². The average Bonchev–Trinajstić information content (AvgIpc) is 2.50. The molecular formula is C10H19N3OS. The lowest BCUT2D eigenvalue weighted by Gasteiger charge is -2.25. The quantitative estimate of drug-likeness (QED) is 0.800. The monoisotopic (exact) mass is 229 g/mol. The normalized spacial score (nSPS) is 16.4. The summed E-state index contributed by atoms with van der Waals surface area (Å²) in [6.07, 6.45) is 1.88. The lowest BCUT2D eigenvalue weighted by molar-refractivity contribution is 0.527. The average molecular weight is 229 g/mol. The number of aromatic nitrogens is 2. The maximum atomic E-state index is 11.8. The van der Waals surface area contributed by atoms with E-state index in [1.54, 1.807) is 4.68 Å². The first-order valence-electron chi connectivity index (χ1n) is 4.98. The maximum Gasteiger partial charge on any atom is 0.136 e. The van der Waals surface area contributed by atoms with E-state index in [4.69, 9.17) is 0 Å². The zero-order valence-corrected chi connectivity index (χ0v) is 10.8. The molecule has 0 spiro atoms. The van der Waals surface area contributed by atoms with Gasteiger partial charge in [0, 0.05) is 24.6 Å². The van der Waals surface area contributed by atoms with Crippen LogP contribution in [0.4, 0.5) is 0 Å². The molecule has 1 aromatic heterocycles. The van der Waals surface area contributed by atoms with E-state index in [2.05, 4.69) is 9.82 Å². The number of nitrogens with zero attached hydrogens (tertiary/aromatic N) is 2. The molecule has 5 heteroatoms. The minimum absolute atomic E-state index is 0.00579. The van der Waals surface area contributed by atoms with E-state index in [-0.39, 0.29) is 10.8 Å². The first-order valence-corrected chi connectivity index (χ1v) is 6.13. The van der Waals surface area contributed by atoms with Crippen molar-refractivity contribution in [2.24, 2.45) is 7.05 Å². The highest BCUT2D eigenvalue weighted by Crippen LogP contribution is 2.18. The van der Waals surface area contributed by atoms with Gasteiger partial charge in [-0.2, -0.15) is 5.10 Å². The van der Waals surface area contributed by atoms with Gasteiger partial charge in [-0.1, -0.05) is 0 Å². The molecule has 4 nitrogen and oxygen atoms in total. The van der Waals surface area contributed by atoms with Crippen LogP contribution in [0.3, 0.4) is 0 Å². The highest BCUT2D eigenvalue weighted by atomic mass is 32.2. The Morgan fingerprint density at radius 2 is 2.13 bits per heavy atom. The second kappa shape index (κ2) is 4.55. The first-order chi connectivity index (χ1) is 6.80. The van der Waals surface area contributed by atoms with Gasteiger partial charge in [0.15, 0.2) is 0 Å². The number of aryl methyl sites for hydroxylation is 1. The first kappa shape index (κ1) is 12.5. The van der Waals surface area contributed by atoms with Gasteiger partial charge >= 0.3 is 0 Å². The Hall–Kier alpha value is -0.520. The van der Waals surface area contributed by atoms with Gasteiger partial charge in [0.2, 0.25) is 0 Å². The SMILES string of the molecule is C[C@H](N[S@+]([O-])C(C)(C)C)c1ccn(C)n1. The molecule has 1 heterocycles. The molecule has 15 heavy (non-hydrogen) atoms. The van der Waals surface area contributed by atoms with Gasteiger partial charge < -0.3 is 4.55 Å². The summed E-state index contributed by atoms with van der Waals surface area (Å²) in [5.74, 6) is 0. The molecule has 0 fully saturated rings. The molecule has 0 saturated heterocycles. The van der Waals surface area contributed by atoms with Crippen molar-refractivity contribution < 1.29 is 4.55 Å². The minimum atomic E-state index is -1.06. The zero-order valence-electron chi connectivity index (χ0n) is 9.94. The summed E-state index contributed by atoms with van der Waals surface area (Å²) >= 11 is -1.06. The standard InChI is InChI=1S/C10H19N3OS/c1-8(9-6-7-13(5)11-9)12-15(14)10(2,3)4/h6-8,12H,1-5H3/t8-,15+/m0/s1. The molecule has 1 N–H and O–H groups in total. The molecule has 0 aliphatic heterocycles. The Morgan fingerprint density at radius 1 is 1.53 bits per heavy atom. The van der Waals surface area contributed by atoms with Crippen LogP contribution in [0.15, 0.2) is 12.3 Å². The van der Waals surface area contributed by atoms with Gasteiger partial charge in [0.05, 0.1) is 11.7 Å². The Bertz CT molecular complexity index is 319. The fraction of sp³-hybridized carbons (Fsp3) is 0.700. The van der Waals surface area contributed by atoms with Crippen LogP contribution in [-0.2, 0) is 18.4 Å². The molecule has 0 unspecified atom stereocenters. The molecule has 0 aromatic carbocycles. The molecule has 86 valence electrons. The number of nitrogens with one attached hydrogen (secondary N) is 1. The molecule has 0 aliphatic carbocycles. The van der Waals surface area contributed by atoms with E-state index in [1.807, 2.05) is 47.0 Å². The highest BCUT2D eigenvalue weighted by molar-refractivity contribution is 7.90. The van der Waals surface area contributed by atoms with Crippen LogP contribution in [0, 0.1) is 0 Å². The van der Waals surface area contributed by atoms with Crippen LogP contribution in [0.25, 0.3) is 0 Å². The van der Waals surface area contributed by atoms with Crippen LogP contribution in [0.1, 0.15) is 39.4 Å². The van der Waals surface area contributed by atoms with Crippen molar-refractivity contribution in [1.82, 2.24) is 14.5 Å². The smallest absolute Gasteiger partial charge is 0.136 e. The van der Waals surface area contributed by atoms with Gasteiger partial charge in [-0.25, -0.2) is 0 Å². The van der Waals surface area contributed by atoms with Crippen LogP contribution < -0.4 is 4.72 Å². The summed E-state index contributed by atoms with van der Waals surface area (Å²) < 4.78 is 16.4. The van der Waals surface area contributed by atoms with E-state index >= 15 is 0 Å². The lowest BCUT2D eigenvalue weighted by atomic mass is 10.3. The Morgan fingerprint density at radius 3 is 2.53 bits per heavy atom. The Balaban J connectivity index is 2.60. The second-order valence-corrected chi connectivity index (χ2v) is 6.63. The van der Waals surface area contributed by atoms with Crippen LogP contribution in [0.5, 0.6) is 0 Å². The predicted octanol–water partition coefficient (Wildman–Crippen LogP) is 1.53. The zero-order chi connectivity index (χ0) is 11.6. The summed E-state index contributed by atoms with van der Waals surface area (Å²) in [7, 11) is 1.87. The van der Waals surface area contributed by atoms with Crippen molar-refractivity contribution in [1.29, 1.82) is 0 Å². The molecule has 2 atom stereocenters. The van der Waals surface area contributed by atoms with Gasteiger partial charge in [0.1, 0.15) is 4.75 Å². The van der Waals surface area contributed by atoms with Crippen molar-refractivity contribution in [3.05, 3.63) is 18.0 Å². The molecule has 0 aliphatic rings. The van der Waals surface area contributed by atoms with Crippen molar-refractivity contribution in [3.63, 3.8) is 0 Å². The maximum absolute atomic E-state index is 11.8. The minimum Gasteiger partial charge on any atom is -0.598 e. The molecule has 0 bridgehead atoms. The van der Waals surface area contributed by atoms with Gasteiger partial charge in [-0.15, -0.1) is 4.72 Å². The van der Waals surface area contributed by atoms with Gasteiger partial charge in [0.25, 0.3) is 0 Å². The van der Waals surface area contributed by atoms with Crippen molar-refractivity contribution in [2.75, 3.05) is 0 Å². The lowest BCUT2D eigenvalue weighted by Crippen LogP contribution is -2.40. The van der Waals surface area contributed by atoms with E-state index in [0.717, 1.165) is 5.69 Å². The van der Waals surface area contributed by atoms with Crippen LogP contribution in [-0.4, -0.2) is 19.1 Å². The van der Waals surface area contributed by atoms with Crippen molar-refractivity contribution in [2.45, 2.75) is 38.5 Å². The fourth-order valence-corrected chi connectivity index (χ4v) is 1.86. The summed E-state index contributed by atoms with van der Waals surface area (Å²) in [6, 6.07) is 1.93. The third-order valence-electron chi connectivity index (χ3n) is 2.02. The van der Waals surface area contributed by atoms with E-state index in [1.165, 1.54) is 0 Å². The number of hydrogen-bond donors (Lipinski definition) is 1. The molecule has 1 rings (SSSR count). The fourth-order valence-electron chi connectivity index (χ4n) is 1.06. The highest BCUT2D eigenvalue weighted by Gasteiger charge is 2.28. The number of hydrogen-bond acceptors (Lipinski definition) is 3. The summed E-state index contributed by atoms with van der Waals surface area (Å²) in [5, 5.41) is 4.27. The third kappa shape index (κ3) is 3.52. The second-order valence-electron chi connectivity index (χ2n) is 4.63. The Kier molecular flexibility index (Phi) is 3.81.